The first-order valence-corrected chi connectivity index (χ1v) is 3.88. The Morgan fingerprint density at radius 3 is 2.00 bits per heavy atom. The summed E-state index contributed by atoms with van der Waals surface area (Å²) in [5, 5.41) is 0. The van der Waals surface area contributed by atoms with Crippen LogP contribution in [-0.2, 0) is 0 Å². The zero-order chi connectivity index (χ0) is 8.32. The van der Waals surface area contributed by atoms with Gasteiger partial charge in [0, 0.05) is 12.1 Å². The first-order chi connectivity index (χ1) is 5.08. The van der Waals surface area contributed by atoms with Crippen LogP contribution in [0.15, 0.2) is 30.6 Å². The minimum Gasteiger partial charge on any atom is -0.161 e. The Hall–Kier alpha value is -0.880. The van der Waals surface area contributed by atoms with Gasteiger partial charge in [-0.05, 0) is 0 Å². The summed E-state index contributed by atoms with van der Waals surface area (Å²) < 4.78 is 34.6. The van der Waals surface area contributed by atoms with Crippen LogP contribution < -0.4 is 23.1 Å². The van der Waals surface area contributed by atoms with Crippen molar-refractivity contribution < 1.29 is 33.3 Å². The second-order valence-electron chi connectivity index (χ2n) is 1.68. The molecule has 0 spiro atoms. The number of rotatable bonds is 2. The monoisotopic (exact) mass is 178 g/mol. The highest BCUT2D eigenvalue weighted by molar-refractivity contribution is 4.82. The summed E-state index contributed by atoms with van der Waals surface area (Å²) in [7, 11) is -4.40. The molecule has 0 aliphatic carbocycles. The SMILES string of the molecule is [O-][Cl+3]([O-])([O-])O[n+]1ccccc1. The molecule has 0 radical (unpaired) electrons. The first kappa shape index (κ1) is 8.22. The number of hydrogen-bond donors (Lipinski definition) is 0. The van der Waals surface area contributed by atoms with Crippen molar-refractivity contribution >= 4 is 0 Å². The average Bonchev–Trinajstić information content (AvgIpc) is 1.85. The van der Waals surface area contributed by atoms with Crippen molar-refractivity contribution in [3.05, 3.63) is 30.6 Å². The highest BCUT2D eigenvalue weighted by atomic mass is 35.7. The molecule has 5 nitrogen and oxygen atoms in total. The molecular weight excluding hydrogens is 174 g/mol. The molecule has 1 aromatic rings. The minimum atomic E-state index is -4.40. The van der Waals surface area contributed by atoms with E-state index in [9.17, 15) is 14.0 Å². The quantitative estimate of drug-likeness (QED) is 0.437. The molecular formula is C5H5ClNO4+. The summed E-state index contributed by atoms with van der Waals surface area (Å²) in [4.78, 5) is 0. The van der Waals surface area contributed by atoms with Gasteiger partial charge in [-0.25, -0.2) is 0 Å². The third-order valence-electron chi connectivity index (χ3n) is 0.852. The summed E-state index contributed by atoms with van der Waals surface area (Å²) in [6.45, 7) is 0. The fourth-order valence-electron chi connectivity index (χ4n) is 0.526. The van der Waals surface area contributed by atoms with Gasteiger partial charge >= 0.3 is 0 Å². The summed E-state index contributed by atoms with van der Waals surface area (Å²) in [5.41, 5.74) is 0. The summed E-state index contributed by atoms with van der Waals surface area (Å²) in [6.07, 6.45) is 2.59. The summed E-state index contributed by atoms with van der Waals surface area (Å²) in [5.74, 6) is 0. The van der Waals surface area contributed by atoms with Crippen LogP contribution in [0.1, 0.15) is 0 Å². The fourth-order valence-corrected chi connectivity index (χ4v) is 0.814. The van der Waals surface area contributed by atoms with Crippen LogP contribution in [0.4, 0.5) is 0 Å². The van der Waals surface area contributed by atoms with Gasteiger partial charge in [0.2, 0.25) is 22.6 Å². The minimum absolute atomic E-state index is 0.796. The second kappa shape index (κ2) is 3.02. The van der Waals surface area contributed by atoms with Gasteiger partial charge in [0.25, 0.3) is 0 Å². The predicted octanol–water partition coefficient (Wildman–Crippen LogP) is -3.70. The van der Waals surface area contributed by atoms with Gasteiger partial charge in [-0.15, -0.1) is 0 Å². The van der Waals surface area contributed by atoms with Crippen LogP contribution in [0.25, 0.3) is 0 Å². The molecule has 1 rings (SSSR count). The van der Waals surface area contributed by atoms with Crippen LogP contribution in [0.3, 0.4) is 0 Å². The Balaban J connectivity index is 2.66. The van der Waals surface area contributed by atoms with Crippen molar-refractivity contribution in [2.45, 2.75) is 0 Å². The molecule has 1 heterocycles. The van der Waals surface area contributed by atoms with Crippen molar-refractivity contribution in [3.8, 4) is 0 Å². The van der Waals surface area contributed by atoms with E-state index in [0.29, 0.717) is 0 Å². The van der Waals surface area contributed by atoms with E-state index in [2.05, 4.69) is 4.39 Å². The molecule has 0 atom stereocenters. The Labute approximate surface area is 64.8 Å². The average molecular weight is 179 g/mol. The number of pyridine rings is 1. The largest absolute Gasteiger partial charge is 0.238 e. The van der Waals surface area contributed by atoms with E-state index in [1.807, 2.05) is 0 Å². The molecule has 60 valence electrons. The zero-order valence-corrected chi connectivity index (χ0v) is 6.10. The number of aromatic nitrogens is 1. The lowest BCUT2D eigenvalue weighted by Gasteiger charge is -2.03. The molecule has 0 N–H and O–H groups in total. The Morgan fingerprint density at radius 2 is 1.55 bits per heavy atom. The molecule has 0 aromatic carbocycles. The Bertz CT molecular complexity index is 222. The lowest BCUT2D eigenvalue weighted by molar-refractivity contribution is -1.94. The van der Waals surface area contributed by atoms with E-state index in [1.165, 1.54) is 24.5 Å². The first-order valence-electron chi connectivity index (χ1n) is 2.65. The van der Waals surface area contributed by atoms with E-state index >= 15 is 0 Å². The highest BCUT2D eigenvalue weighted by Crippen LogP contribution is 1.78. The van der Waals surface area contributed by atoms with Crippen LogP contribution in [-0.4, -0.2) is 0 Å². The van der Waals surface area contributed by atoms with Crippen LogP contribution in [0.2, 0.25) is 0 Å². The van der Waals surface area contributed by atoms with Crippen molar-refractivity contribution in [3.63, 3.8) is 0 Å². The molecule has 0 saturated heterocycles. The molecule has 0 aliphatic heterocycles. The molecule has 6 heteroatoms. The number of halogens is 1. The van der Waals surface area contributed by atoms with Crippen LogP contribution in [0, 0.1) is 10.2 Å². The number of nitrogens with zero attached hydrogens (tertiary/aromatic N) is 1. The maximum absolute atomic E-state index is 9.97. The van der Waals surface area contributed by atoms with Gasteiger partial charge < -0.3 is 0 Å². The van der Waals surface area contributed by atoms with E-state index < -0.39 is 10.2 Å². The smallest absolute Gasteiger partial charge is 0.161 e. The van der Waals surface area contributed by atoms with Gasteiger partial charge in [-0.1, -0.05) is 6.07 Å². The molecule has 0 saturated carbocycles. The van der Waals surface area contributed by atoms with E-state index in [-0.39, 0.29) is 0 Å². The maximum atomic E-state index is 9.97. The topological polar surface area (TPSA) is 82.3 Å². The molecule has 1 aromatic heterocycles. The van der Waals surface area contributed by atoms with Crippen molar-refractivity contribution in [1.29, 1.82) is 0 Å². The normalized spacial score (nSPS) is 11.2. The molecule has 0 aliphatic rings. The molecule has 0 fully saturated rings. The molecule has 0 amide bonds. The second-order valence-corrected chi connectivity index (χ2v) is 2.58. The highest BCUT2D eigenvalue weighted by Gasteiger charge is 2.25. The summed E-state index contributed by atoms with van der Waals surface area (Å²) >= 11 is 0. The van der Waals surface area contributed by atoms with E-state index in [4.69, 9.17) is 0 Å². The van der Waals surface area contributed by atoms with Crippen molar-refractivity contribution in [2.24, 2.45) is 0 Å². The summed E-state index contributed by atoms with van der Waals surface area (Å²) in [6, 6.07) is 4.72. The standard InChI is InChI=1S/C5H5ClNO4/c8-6(9,10)11-7-4-2-1-3-5-7/h1-5H/q+1. The van der Waals surface area contributed by atoms with Crippen molar-refractivity contribution in [1.82, 2.24) is 0 Å². The van der Waals surface area contributed by atoms with Crippen molar-refractivity contribution in [2.75, 3.05) is 0 Å². The third-order valence-corrected chi connectivity index (χ3v) is 1.18. The lowest BCUT2D eigenvalue weighted by atomic mass is 10.5. The van der Waals surface area contributed by atoms with Crippen LogP contribution >= 0.6 is 0 Å². The molecule has 0 bridgehead atoms. The molecule has 11 heavy (non-hydrogen) atoms. The third kappa shape index (κ3) is 3.15. The van der Waals surface area contributed by atoms with Crippen LogP contribution in [0.5, 0.6) is 0 Å². The van der Waals surface area contributed by atoms with Gasteiger partial charge in [0.05, 0.1) is 0 Å². The van der Waals surface area contributed by atoms with Gasteiger partial charge in [-0.2, -0.15) is 14.0 Å². The molecule has 0 unspecified atom stereocenters. The lowest BCUT2D eigenvalue weighted by Crippen LogP contribution is -2.71. The predicted molar refractivity (Wildman–Crippen MR) is 23.2 cm³/mol. The van der Waals surface area contributed by atoms with E-state index in [1.54, 1.807) is 6.07 Å². The maximum Gasteiger partial charge on any atom is 0.238 e. The fraction of sp³-hybridized carbons (Fsp3) is 0. The number of hydrogen-bond acceptors (Lipinski definition) is 4. The Morgan fingerprint density at radius 1 is 1.00 bits per heavy atom. The van der Waals surface area contributed by atoms with E-state index in [0.717, 1.165) is 4.73 Å². The van der Waals surface area contributed by atoms with Gasteiger partial charge in [0.15, 0.2) is 4.39 Å². The zero-order valence-electron chi connectivity index (χ0n) is 5.34. The Kier molecular flexibility index (Phi) is 2.25. The van der Waals surface area contributed by atoms with Gasteiger partial charge in [-0.3, -0.25) is 0 Å². The van der Waals surface area contributed by atoms with Gasteiger partial charge in [0.1, 0.15) is 4.73 Å².